The Morgan fingerprint density at radius 2 is 2.30 bits per heavy atom. The van der Waals surface area contributed by atoms with Crippen LogP contribution >= 0.6 is 0 Å². The third kappa shape index (κ3) is 4.34. The highest BCUT2D eigenvalue weighted by molar-refractivity contribution is 5.75. The first-order valence-corrected chi connectivity index (χ1v) is 7.54. The molecule has 1 amide bonds. The van der Waals surface area contributed by atoms with Gasteiger partial charge in [0.05, 0.1) is 5.69 Å². The van der Waals surface area contributed by atoms with Crippen LogP contribution < -0.4 is 5.32 Å². The number of aromatic nitrogens is 2. The molecule has 1 aliphatic heterocycles. The van der Waals surface area contributed by atoms with E-state index in [1.807, 2.05) is 19.9 Å². The molecule has 1 fully saturated rings. The molecule has 0 aliphatic carbocycles. The van der Waals surface area contributed by atoms with Crippen LogP contribution in [-0.2, 0) is 11.3 Å². The number of hydrogen-bond acceptors (Lipinski definition) is 3. The van der Waals surface area contributed by atoms with Crippen LogP contribution in [0.15, 0.2) is 6.07 Å². The van der Waals surface area contributed by atoms with Gasteiger partial charge in [-0.3, -0.25) is 9.48 Å². The topological polar surface area (TPSA) is 50.2 Å². The van der Waals surface area contributed by atoms with E-state index in [9.17, 15) is 4.79 Å². The highest BCUT2D eigenvalue weighted by Crippen LogP contribution is 2.14. The molecule has 5 heteroatoms. The van der Waals surface area contributed by atoms with Gasteiger partial charge in [-0.25, -0.2) is 0 Å². The van der Waals surface area contributed by atoms with Crippen molar-refractivity contribution >= 4 is 5.91 Å². The zero-order chi connectivity index (χ0) is 14.5. The zero-order valence-corrected chi connectivity index (χ0v) is 12.9. The average Bonchev–Trinajstić information content (AvgIpc) is 2.68. The number of aryl methyl sites for hydroxylation is 2. The molecule has 0 bridgehead atoms. The number of nitrogens with one attached hydrogen (secondary N) is 1. The van der Waals surface area contributed by atoms with Gasteiger partial charge in [0.25, 0.3) is 0 Å². The fraction of sp³-hybridized carbons (Fsp3) is 0.733. The Morgan fingerprint density at radius 1 is 1.50 bits per heavy atom. The molecule has 5 nitrogen and oxygen atoms in total. The van der Waals surface area contributed by atoms with Crippen LogP contribution in [0.25, 0.3) is 0 Å². The number of nitrogens with zero attached hydrogens (tertiary/aromatic N) is 3. The van der Waals surface area contributed by atoms with E-state index in [0.29, 0.717) is 6.54 Å². The van der Waals surface area contributed by atoms with Gasteiger partial charge in [-0.1, -0.05) is 6.92 Å². The quantitative estimate of drug-likeness (QED) is 0.884. The first kappa shape index (κ1) is 15.0. The molecule has 1 aromatic rings. The summed E-state index contributed by atoms with van der Waals surface area (Å²) < 4.78 is 1.76. The van der Waals surface area contributed by atoms with Crippen LogP contribution in [-0.4, -0.2) is 46.8 Å². The number of likely N-dealkylation sites (tertiary alicyclic amines) is 1. The predicted molar refractivity (Wildman–Crippen MR) is 79.5 cm³/mol. The van der Waals surface area contributed by atoms with Crippen LogP contribution in [0.2, 0.25) is 0 Å². The van der Waals surface area contributed by atoms with Crippen LogP contribution in [0.1, 0.15) is 31.2 Å². The Balaban J connectivity index is 1.69. The molecular weight excluding hydrogens is 252 g/mol. The van der Waals surface area contributed by atoms with Gasteiger partial charge in [0, 0.05) is 25.3 Å². The molecule has 1 atom stereocenters. The standard InChI is InChI=1S/C15H26N4O/c1-12-5-4-7-18(10-12)8-6-16-15(20)11-19-14(3)9-13(2)17-19/h9,12H,4-8,10-11H2,1-3H3,(H,16,20)/t12-/m0/s1. The molecule has 0 aromatic carbocycles. The SMILES string of the molecule is Cc1cc(C)n(CC(=O)NCCN2CCC[C@H](C)C2)n1. The van der Waals surface area contributed by atoms with E-state index in [1.54, 1.807) is 4.68 Å². The normalized spacial score (nSPS) is 20.1. The molecule has 20 heavy (non-hydrogen) atoms. The summed E-state index contributed by atoms with van der Waals surface area (Å²) in [6.07, 6.45) is 2.61. The largest absolute Gasteiger partial charge is 0.353 e. The van der Waals surface area contributed by atoms with Crippen molar-refractivity contribution in [3.8, 4) is 0 Å². The number of carbonyl (C=O) groups is 1. The summed E-state index contributed by atoms with van der Waals surface area (Å²) in [6, 6.07) is 1.99. The summed E-state index contributed by atoms with van der Waals surface area (Å²) >= 11 is 0. The molecule has 0 radical (unpaired) electrons. The Labute approximate surface area is 121 Å². The van der Waals surface area contributed by atoms with Crippen molar-refractivity contribution in [1.82, 2.24) is 20.0 Å². The third-order valence-electron chi connectivity index (χ3n) is 3.89. The third-order valence-corrected chi connectivity index (χ3v) is 3.89. The number of piperidine rings is 1. The lowest BCUT2D eigenvalue weighted by molar-refractivity contribution is -0.121. The van der Waals surface area contributed by atoms with E-state index >= 15 is 0 Å². The summed E-state index contributed by atoms with van der Waals surface area (Å²) in [5.74, 6) is 0.829. The summed E-state index contributed by atoms with van der Waals surface area (Å²) in [7, 11) is 0. The lowest BCUT2D eigenvalue weighted by Crippen LogP contribution is -2.40. The van der Waals surface area contributed by atoms with Gasteiger partial charge in [-0.15, -0.1) is 0 Å². The molecule has 2 heterocycles. The van der Waals surface area contributed by atoms with E-state index in [2.05, 4.69) is 22.2 Å². The highest BCUT2D eigenvalue weighted by atomic mass is 16.2. The molecule has 0 unspecified atom stereocenters. The van der Waals surface area contributed by atoms with Gasteiger partial charge in [-0.05, 0) is 45.2 Å². The summed E-state index contributed by atoms with van der Waals surface area (Å²) in [6.45, 7) is 10.5. The first-order chi connectivity index (χ1) is 9.54. The van der Waals surface area contributed by atoms with E-state index in [-0.39, 0.29) is 5.91 Å². The Hall–Kier alpha value is -1.36. The van der Waals surface area contributed by atoms with Gasteiger partial charge in [0.2, 0.25) is 5.91 Å². The minimum Gasteiger partial charge on any atom is -0.353 e. The van der Waals surface area contributed by atoms with Crippen LogP contribution in [0.4, 0.5) is 0 Å². The number of carbonyl (C=O) groups excluding carboxylic acids is 1. The molecule has 0 spiro atoms. The van der Waals surface area contributed by atoms with Crippen molar-refractivity contribution in [2.75, 3.05) is 26.2 Å². The average molecular weight is 278 g/mol. The van der Waals surface area contributed by atoms with E-state index in [1.165, 1.54) is 12.8 Å². The number of hydrogen-bond donors (Lipinski definition) is 1. The molecule has 1 aromatic heterocycles. The van der Waals surface area contributed by atoms with Crippen molar-refractivity contribution in [2.24, 2.45) is 5.92 Å². The molecule has 0 saturated carbocycles. The van der Waals surface area contributed by atoms with Crippen LogP contribution in [0, 0.1) is 19.8 Å². The predicted octanol–water partition coefficient (Wildman–Crippen LogP) is 1.35. The Kier molecular flexibility index (Phi) is 5.17. The van der Waals surface area contributed by atoms with Crippen molar-refractivity contribution in [3.63, 3.8) is 0 Å². The van der Waals surface area contributed by atoms with Gasteiger partial charge in [-0.2, -0.15) is 5.10 Å². The second-order valence-electron chi connectivity index (χ2n) is 5.98. The Morgan fingerprint density at radius 3 is 2.95 bits per heavy atom. The lowest BCUT2D eigenvalue weighted by atomic mass is 10.0. The molecule has 112 valence electrons. The molecule has 1 N–H and O–H groups in total. The van der Waals surface area contributed by atoms with Gasteiger partial charge < -0.3 is 10.2 Å². The number of amides is 1. The number of rotatable bonds is 5. The second kappa shape index (κ2) is 6.88. The molecular formula is C15H26N4O. The Bertz CT molecular complexity index is 455. The molecule has 1 aliphatic rings. The first-order valence-electron chi connectivity index (χ1n) is 7.54. The van der Waals surface area contributed by atoms with Crippen LogP contribution in [0.5, 0.6) is 0 Å². The second-order valence-corrected chi connectivity index (χ2v) is 5.98. The zero-order valence-electron chi connectivity index (χ0n) is 12.9. The fourth-order valence-electron chi connectivity index (χ4n) is 2.87. The van der Waals surface area contributed by atoms with Crippen molar-refractivity contribution in [3.05, 3.63) is 17.5 Å². The summed E-state index contributed by atoms with van der Waals surface area (Å²) in [5.41, 5.74) is 1.99. The maximum absolute atomic E-state index is 11.9. The monoisotopic (exact) mass is 278 g/mol. The van der Waals surface area contributed by atoms with E-state index < -0.39 is 0 Å². The van der Waals surface area contributed by atoms with Crippen molar-refractivity contribution in [2.45, 2.75) is 40.2 Å². The van der Waals surface area contributed by atoms with Crippen molar-refractivity contribution < 1.29 is 4.79 Å². The summed E-state index contributed by atoms with van der Waals surface area (Å²) in [4.78, 5) is 14.3. The molecule has 1 saturated heterocycles. The highest BCUT2D eigenvalue weighted by Gasteiger charge is 2.15. The fourth-order valence-corrected chi connectivity index (χ4v) is 2.87. The maximum Gasteiger partial charge on any atom is 0.241 e. The van der Waals surface area contributed by atoms with Gasteiger partial charge >= 0.3 is 0 Å². The van der Waals surface area contributed by atoms with E-state index in [4.69, 9.17) is 0 Å². The van der Waals surface area contributed by atoms with Crippen LogP contribution in [0.3, 0.4) is 0 Å². The van der Waals surface area contributed by atoms with Crippen molar-refractivity contribution in [1.29, 1.82) is 0 Å². The lowest BCUT2D eigenvalue weighted by Gasteiger charge is -2.30. The summed E-state index contributed by atoms with van der Waals surface area (Å²) in [5, 5.41) is 7.29. The molecule has 2 rings (SSSR count). The smallest absolute Gasteiger partial charge is 0.241 e. The maximum atomic E-state index is 11.9. The van der Waals surface area contributed by atoms with Gasteiger partial charge in [0.15, 0.2) is 0 Å². The van der Waals surface area contributed by atoms with Gasteiger partial charge in [0.1, 0.15) is 6.54 Å². The minimum absolute atomic E-state index is 0.0428. The minimum atomic E-state index is 0.0428. The van der Waals surface area contributed by atoms with E-state index in [0.717, 1.165) is 43.5 Å².